The van der Waals surface area contributed by atoms with Crippen LogP contribution in [-0.4, -0.2) is 46.1 Å². The van der Waals surface area contributed by atoms with Gasteiger partial charge in [0.2, 0.25) is 0 Å². The number of nitrogens with zero attached hydrogens (tertiary/aromatic N) is 6. The van der Waals surface area contributed by atoms with E-state index < -0.39 is 23.5 Å². The summed E-state index contributed by atoms with van der Waals surface area (Å²) in [6.45, 7) is 12.9. The van der Waals surface area contributed by atoms with Gasteiger partial charge in [0.15, 0.2) is 0 Å². The zero-order valence-electron chi connectivity index (χ0n) is 36.9. The van der Waals surface area contributed by atoms with Crippen molar-refractivity contribution >= 4 is 60.7 Å². The van der Waals surface area contributed by atoms with Crippen molar-refractivity contribution in [3.8, 4) is 32.6 Å². The molecule has 0 saturated heterocycles. The molecule has 0 fully saturated rings. The Morgan fingerprint density at radius 2 is 1.12 bits per heavy atom. The van der Waals surface area contributed by atoms with Gasteiger partial charge in [0.05, 0.1) is 48.0 Å². The van der Waals surface area contributed by atoms with Crippen LogP contribution in [0, 0.1) is 0 Å². The number of rotatable bonds is 16. The third kappa shape index (κ3) is 13.4. The Balaban J connectivity index is 0.000000206. The highest BCUT2D eigenvalue weighted by molar-refractivity contribution is 9.09. The predicted molar refractivity (Wildman–Crippen MR) is 261 cm³/mol. The molecule has 0 amide bonds. The zero-order valence-corrected chi connectivity index (χ0v) is 40.1. The van der Waals surface area contributed by atoms with E-state index in [0.29, 0.717) is 41.6 Å². The van der Waals surface area contributed by atoms with Gasteiger partial charge in [-0.1, -0.05) is 85.6 Å². The van der Waals surface area contributed by atoms with Crippen LogP contribution >= 0.6 is 38.6 Å². The number of ether oxygens (including phenoxy) is 1. The van der Waals surface area contributed by atoms with Gasteiger partial charge in [0.25, 0.3) is 0 Å². The van der Waals surface area contributed by atoms with Crippen LogP contribution in [0.15, 0.2) is 123 Å². The summed E-state index contributed by atoms with van der Waals surface area (Å²) in [7, 11) is 0. The number of thiazole rings is 2. The normalized spacial score (nSPS) is 11.5. The van der Waals surface area contributed by atoms with Crippen molar-refractivity contribution in [2.45, 2.75) is 77.8 Å². The molecule has 0 aliphatic heterocycles. The minimum atomic E-state index is -4.35. The molecule has 0 atom stereocenters. The molecule has 8 rings (SSSR count). The molecule has 0 bridgehead atoms. The van der Waals surface area contributed by atoms with Crippen LogP contribution in [0.4, 0.5) is 26.3 Å². The van der Waals surface area contributed by atoms with Crippen molar-refractivity contribution in [3.05, 3.63) is 155 Å². The van der Waals surface area contributed by atoms with Crippen LogP contribution in [0.1, 0.15) is 71.8 Å². The molecule has 0 spiro atoms. The number of aryl methyl sites for hydroxylation is 2. The van der Waals surface area contributed by atoms with Crippen LogP contribution in [-0.2, 0) is 38.3 Å². The van der Waals surface area contributed by atoms with Crippen molar-refractivity contribution in [2.75, 3.05) is 11.9 Å². The predicted octanol–water partition coefficient (Wildman–Crippen LogP) is 15.0. The minimum absolute atomic E-state index is 0.117. The Morgan fingerprint density at radius 1 is 0.672 bits per heavy atom. The molecule has 0 saturated carbocycles. The molecule has 8 nitrogen and oxygen atoms in total. The highest BCUT2D eigenvalue weighted by Crippen LogP contribution is 2.36. The van der Waals surface area contributed by atoms with Crippen molar-refractivity contribution in [1.82, 2.24) is 29.1 Å². The van der Waals surface area contributed by atoms with E-state index >= 15 is 0 Å². The number of pyridine rings is 2. The third-order valence-corrected chi connectivity index (χ3v) is 13.0. The SMILES string of the molecule is C=CCBr.C=CCOc1cnc2c(ccn2Cc2sc(-c3ccc(C(F)(F)F)cc3)nc2CCCC)c1.CCCCc1nc(-c2ccc(C(F)(F)F)cc2)sc1Cn1ccc2cc(O)cnc21. The number of benzene rings is 2. The maximum atomic E-state index is 12.9. The largest absolute Gasteiger partial charge is 0.506 e. The van der Waals surface area contributed by atoms with E-state index in [4.69, 9.17) is 14.7 Å². The quantitative estimate of drug-likeness (QED) is 0.0589. The van der Waals surface area contributed by atoms with E-state index in [1.165, 1.54) is 53.1 Å². The second-order valence-corrected chi connectivity index (χ2v) is 18.1. The first-order valence-corrected chi connectivity index (χ1v) is 24.2. The summed E-state index contributed by atoms with van der Waals surface area (Å²) in [6, 6.07) is 17.8. The average molecular weight is 1020 g/mol. The summed E-state index contributed by atoms with van der Waals surface area (Å²) in [5.41, 5.74) is 3.61. The Bertz CT molecular complexity index is 2870. The van der Waals surface area contributed by atoms with E-state index in [0.717, 1.165) is 116 Å². The number of aromatic hydroxyl groups is 1. The fourth-order valence-electron chi connectivity index (χ4n) is 6.87. The number of allylic oxidation sites excluding steroid dienone is 1. The van der Waals surface area contributed by atoms with Crippen LogP contribution < -0.4 is 4.74 Å². The monoisotopic (exact) mass is 1020 g/mol. The van der Waals surface area contributed by atoms with Gasteiger partial charge < -0.3 is 19.0 Å². The van der Waals surface area contributed by atoms with E-state index in [9.17, 15) is 31.4 Å². The van der Waals surface area contributed by atoms with Crippen LogP contribution in [0.25, 0.3) is 43.2 Å². The standard InChI is InChI=1S/C25H24F3N3OS.C22H20F3N3OS.C3H5Br/c1-3-5-6-21-22(33-24(30-21)17-7-9-19(10-8-17)25(26,27)28)16-31-12-11-18-14-20(32-13-4-2)15-29-23(18)31;1-2-3-4-18-19(13-28-10-9-15-11-17(29)12-26-20(15)28)30-21(27-18)14-5-7-16(8-6-14)22(23,24)25;1-2-3-4/h4,7-12,14-15H,2-3,5-6,13,16H2,1H3;5-12,29H,2-4,13H2,1H3;2H,1,3H2. The molecule has 8 aromatic rings. The van der Waals surface area contributed by atoms with Crippen LogP contribution in [0.3, 0.4) is 0 Å². The fraction of sp³-hybridized carbons (Fsp3) is 0.280. The maximum Gasteiger partial charge on any atom is 0.416 e. The van der Waals surface area contributed by atoms with E-state index in [1.54, 1.807) is 24.4 Å². The van der Waals surface area contributed by atoms with Crippen LogP contribution in [0.2, 0.25) is 0 Å². The highest BCUT2D eigenvalue weighted by atomic mass is 79.9. The van der Waals surface area contributed by atoms with Gasteiger partial charge in [0.1, 0.15) is 39.4 Å². The van der Waals surface area contributed by atoms with E-state index in [2.05, 4.69) is 57.5 Å². The number of unbranched alkanes of at least 4 members (excludes halogenated alkanes) is 2. The van der Waals surface area contributed by atoms with Gasteiger partial charge in [0, 0.05) is 49.4 Å². The molecular formula is C50H49BrF6N6O2S2. The van der Waals surface area contributed by atoms with E-state index in [-0.39, 0.29) is 5.75 Å². The summed E-state index contributed by atoms with van der Waals surface area (Å²) in [5, 5.41) is 13.8. The highest BCUT2D eigenvalue weighted by Gasteiger charge is 2.31. The summed E-state index contributed by atoms with van der Waals surface area (Å²) >= 11 is 6.15. The minimum Gasteiger partial charge on any atom is -0.506 e. The van der Waals surface area contributed by atoms with Crippen molar-refractivity contribution < 1.29 is 36.2 Å². The molecule has 2 aromatic carbocycles. The fourth-order valence-corrected chi connectivity index (χ4v) is 9.09. The van der Waals surface area contributed by atoms with Gasteiger partial charge in [-0.2, -0.15) is 26.3 Å². The molecule has 17 heteroatoms. The second-order valence-electron chi connectivity index (χ2n) is 15.3. The van der Waals surface area contributed by atoms with Gasteiger partial charge in [-0.15, -0.1) is 29.3 Å². The molecule has 352 valence electrons. The van der Waals surface area contributed by atoms with Gasteiger partial charge in [-0.25, -0.2) is 19.9 Å². The first-order valence-electron chi connectivity index (χ1n) is 21.5. The van der Waals surface area contributed by atoms with E-state index in [1.807, 2.05) is 35.2 Å². The lowest BCUT2D eigenvalue weighted by molar-refractivity contribution is -0.138. The molecular weight excluding hydrogens is 975 g/mol. The molecule has 0 aliphatic carbocycles. The summed E-state index contributed by atoms with van der Waals surface area (Å²) in [4.78, 5) is 20.6. The maximum absolute atomic E-state index is 12.9. The Kier molecular flexibility index (Phi) is 17.6. The number of hydrogen-bond acceptors (Lipinski definition) is 8. The smallest absolute Gasteiger partial charge is 0.416 e. The summed E-state index contributed by atoms with van der Waals surface area (Å²) in [5.74, 6) is 0.803. The third-order valence-electron chi connectivity index (χ3n) is 10.3. The van der Waals surface area contributed by atoms with Gasteiger partial charge >= 0.3 is 12.4 Å². The first kappa shape index (κ1) is 50.6. The number of alkyl halides is 7. The molecule has 6 heterocycles. The lowest BCUT2D eigenvalue weighted by Gasteiger charge is -2.06. The van der Waals surface area contributed by atoms with Crippen molar-refractivity contribution in [3.63, 3.8) is 0 Å². The van der Waals surface area contributed by atoms with Gasteiger partial charge in [-0.05, 0) is 74.2 Å². The summed E-state index contributed by atoms with van der Waals surface area (Å²) in [6.07, 6.45) is 7.48. The lowest BCUT2D eigenvalue weighted by Crippen LogP contribution is -2.03. The Morgan fingerprint density at radius 3 is 1.54 bits per heavy atom. The topological polar surface area (TPSA) is 90.9 Å². The van der Waals surface area contributed by atoms with Crippen molar-refractivity contribution in [1.29, 1.82) is 0 Å². The Hall–Kier alpha value is -5.78. The van der Waals surface area contributed by atoms with Gasteiger partial charge in [-0.3, -0.25) is 0 Å². The molecule has 6 aromatic heterocycles. The number of fused-ring (bicyclic) bond motifs is 2. The molecule has 1 N–H and O–H groups in total. The van der Waals surface area contributed by atoms with Crippen LogP contribution in [0.5, 0.6) is 11.5 Å². The molecule has 67 heavy (non-hydrogen) atoms. The Labute approximate surface area is 401 Å². The zero-order chi connectivity index (χ0) is 48.1. The molecule has 0 aliphatic rings. The number of halogens is 7. The summed E-state index contributed by atoms with van der Waals surface area (Å²) < 4.78 is 87.0. The first-order chi connectivity index (χ1) is 32.1. The molecule has 0 unspecified atom stereocenters. The lowest BCUT2D eigenvalue weighted by atomic mass is 10.1. The average Bonchev–Trinajstić information content (AvgIpc) is 4.12. The van der Waals surface area contributed by atoms with Crippen molar-refractivity contribution in [2.24, 2.45) is 0 Å². The number of aromatic nitrogens is 6. The second kappa shape index (κ2) is 23.3. The molecule has 0 radical (unpaired) electrons. The number of hydrogen-bond donors (Lipinski definition) is 1.